The number of aromatic nitrogens is 1. The first-order valence-electron chi connectivity index (χ1n) is 6.13. The van der Waals surface area contributed by atoms with Crippen LogP contribution in [0.5, 0.6) is 0 Å². The molecule has 86 valence electrons. The molecule has 0 spiro atoms. The van der Waals surface area contributed by atoms with Crippen LogP contribution < -0.4 is 10.9 Å². The average molecular weight is 218 g/mol. The maximum Gasteiger partial charge on any atom is 0.253 e. The molecule has 2 atom stereocenters. The smallest absolute Gasteiger partial charge is 0.253 e. The van der Waals surface area contributed by atoms with Gasteiger partial charge in [0.25, 0.3) is 5.56 Å². The van der Waals surface area contributed by atoms with Crippen molar-refractivity contribution < 1.29 is 0 Å². The molecule has 0 amide bonds. The van der Waals surface area contributed by atoms with Crippen LogP contribution in [0, 0.1) is 13.8 Å². The van der Waals surface area contributed by atoms with Crippen molar-refractivity contribution in [1.82, 2.24) is 9.88 Å². The highest BCUT2D eigenvalue weighted by atomic mass is 16.1. The second kappa shape index (κ2) is 3.45. The molecular weight excluding hydrogens is 200 g/mol. The topological polar surface area (TPSA) is 34.0 Å². The highest BCUT2D eigenvalue weighted by Crippen LogP contribution is 2.42. The minimum atomic E-state index is 0.216. The standard InChI is InChI=1S/C13H18N2O/c1-8-6-9(2)13(16)15-5-3-4-14-11-7-10(11)12(8)15/h6,10-11,14H,3-5,7H2,1-2H3. The van der Waals surface area contributed by atoms with Crippen molar-refractivity contribution >= 4 is 0 Å². The van der Waals surface area contributed by atoms with E-state index in [1.165, 1.54) is 17.7 Å². The monoisotopic (exact) mass is 218 g/mol. The van der Waals surface area contributed by atoms with Crippen molar-refractivity contribution in [3.05, 3.63) is 33.2 Å². The third-order valence-electron chi connectivity index (χ3n) is 3.82. The van der Waals surface area contributed by atoms with Crippen molar-refractivity contribution in [2.24, 2.45) is 0 Å². The Morgan fingerprint density at radius 2 is 2.19 bits per heavy atom. The molecule has 0 saturated heterocycles. The van der Waals surface area contributed by atoms with Crippen molar-refractivity contribution in [2.45, 2.75) is 45.2 Å². The summed E-state index contributed by atoms with van der Waals surface area (Å²) in [5.41, 5.74) is 3.67. The number of nitrogens with zero attached hydrogens (tertiary/aromatic N) is 1. The Kier molecular flexibility index (Phi) is 2.18. The van der Waals surface area contributed by atoms with Gasteiger partial charge in [0.05, 0.1) is 0 Å². The van der Waals surface area contributed by atoms with E-state index in [0.717, 1.165) is 25.1 Å². The number of fused-ring (bicyclic) bond motifs is 3. The maximum atomic E-state index is 12.1. The summed E-state index contributed by atoms with van der Waals surface area (Å²) >= 11 is 0. The van der Waals surface area contributed by atoms with E-state index in [1.54, 1.807) is 0 Å². The van der Waals surface area contributed by atoms with Crippen LogP contribution in [-0.2, 0) is 6.54 Å². The zero-order chi connectivity index (χ0) is 11.3. The van der Waals surface area contributed by atoms with Crippen LogP contribution in [0.3, 0.4) is 0 Å². The molecule has 1 N–H and O–H groups in total. The van der Waals surface area contributed by atoms with Gasteiger partial charge in [0.2, 0.25) is 0 Å². The molecular formula is C13H18N2O. The zero-order valence-corrected chi connectivity index (χ0v) is 9.92. The lowest BCUT2D eigenvalue weighted by molar-refractivity contribution is 0.518. The predicted octanol–water partition coefficient (Wildman–Crippen LogP) is 1.31. The van der Waals surface area contributed by atoms with Crippen molar-refractivity contribution in [1.29, 1.82) is 0 Å². The van der Waals surface area contributed by atoms with Gasteiger partial charge in [0.15, 0.2) is 0 Å². The summed E-state index contributed by atoms with van der Waals surface area (Å²) in [5, 5.41) is 3.55. The van der Waals surface area contributed by atoms with E-state index in [4.69, 9.17) is 0 Å². The van der Waals surface area contributed by atoms with Gasteiger partial charge in [-0.1, -0.05) is 0 Å². The van der Waals surface area contributed by atoms with Gasteiger partial charge in [0, 0.05) is 29.8 Å². The summed E-state index contributed by atoms with van der Waals surface area (Å²) in [5.74, 6) is 0.577. The second-order valence-corrected chi connectivity index (χ2v) is 5.11. The second-order valence-electron chi connectivity index (χ2n) is 5.11. The van der Waals surface area contributed by atoms with Crippen LogP contribution in [0.15, 0.2) is 10.9 Å². The van der Waals surface area contributed by atoms with Crippen LogP contribution >= 0.6 is 0 Å². The Morgan fingerprint density at radius 1 is 1.38 bits per heavy atom. The summed E-state index contributed by atoms with van der Waals surface area (Å²) in [6.45, 7) is 5.96. The Bertz CT molecular complexity index is 489. The number of rotatable bonds is 0. The van der Waals surface area contributed by atoms with Gasteiger partial charge >= 0.3 is 0 Å². The Labute approximate surface area is 95.5 Å². The molecule has 1 aromatic heterocycles. The first-order chi connectivity index (χ1) is 7.68. The first-order valence-corrected chi connectivity index (χ1v) is 6.13. The fraction of sp³-hybridized carbons (Fsp3) is 0.615. The minimum Gasteiger partial charge on any atom is -0.313 e. The number of hydrogen-bond acceptors (Lipinski definition) is 2. The lowest BCUT2D eigenvalue weighted by atomic mass is 10.1. The molecule has 1 saturated carbocycles. The number of pyridine rings is 1. The number of hydrogen-bond donors (Lipinski definition) is 1. The maximum absolute atomic E-state index is 12.1. The van der Waals surface area contributed by atoms with Gasteiger partial charge in [-0.2, -0.15) is 0 Å². The van der Waals surface area contributed by atoms with Gasteiger partial charge < -0.3 is 9.88 Å². The Hall–Kier alpha value is -1.09. The molecule has 0 bridgehead atoms. The van der Waals surface area contributed by atoms with Crippen LogP contribution in [0.2, 0.25) is 0 Å². The molecule has 2 aliphatic rings. The lowest BCUT2D eigenvalue weighted by Gasteiger charge is -2.19. The number of nitrogens with one attached hydrogen (secondary N) is 1. The molecule has 0 radical (unpaired) electrons. The SMILES string of the molecule is Cc1cc(C)c(=O)n2c1C1CC1NCCC2. The third kappa shape index (κ3) is 1.42. The average Bonchev–Trinajstić information content (AvgIpc) is 2.93. The van der Waals surface area contributed by atoms with E-state index in [2.05, 4.69) is 12.2 Å². The van der Waals surface area contributed by atoms with Gasteiger partial charge in [-0.05, 0) is 44.9 Å². The van der Waals surface area contributed by atoms with Crippen LogP contribution in [0.4, 0.5) is 0 Å². The van der Waals surface area contributed by atoms with Crippen LogP contribution in [0.25, 0.3) is 0 Å². The predicted molar refractivity (Wildman–Crippen MR) is 63.9 cm³/mol. The fourth-order valence-electron chi connectivity index (χ4n) is 2.96. The summed E-state index contributed by atoms with van der Waals surface area (Å²) < 4.78 is 2.02. The largest absolute Gasteiger partial charge is 0.313 e. The van der Waals surface area contributed by atoms with Crippen molar-refractivity contribution in [3.8, 4) is 0 Å². The molecule has 1 fully saturated rings. The summed E-state index contributed by atoms with van der Waals surface area (Å²) in [6.07, 6.45) is 2.25. The molecule has 3 nitrogen and oxygen atoms in total. The third-order valence-corrected chi connectivity index (χ3v) is 3.82. The van der Waals surface area contributed by atoms with E-state index < -0.39 is 0 Å². The summed E-state index contributed by atoms with van der Waals surface area (Å²) in [6, 6.07) is 2.66. The van der Waals surface area contributed by atoms with Gasteiger partial charge in [-0.3, -0.25) is 4.79 Å². The molecule has 3 rings (SSSR count). The van der Waals surface area contributed by atoms with E-state index in [9.17, 15) is 4.79 Å². The van der Waals surface area contributed by atoms with Crippen molar-refractivity contribution in [2.75, 3.05) is 6.54 Å². The summed E-state index contributed by atoms with van der Waals surface area (Å²) in [4.78, 5) is 12.1. The van der Waals surface area contributed by atoms with Crippen LogP contribution in [-0.4, -0.2) is 17.2 Å². The highest BCUT2D eigenvalue weighted by Gasteiger charge is 2.41. The molecule has 3 heteroatoms. The van der Waals surface area contributed by atoms with Gasteiger partial charge in [-0.15, -0.1) is 0 Å². The molecule has 1 aliphatic carbocycles. The molecule has 2 heterocycles. The molecule has 0 aromatic carbocycles. The normalized spacial score (nSPS) is 27.6. The lowest BCUT2D eigenvalue weighted by Crippen LogP contribution is -2.31. The quantitative estimate of drug-likeness (QED) is 0.712. The number of aryl methyl sites for hydroxylation is 2. The minimum absolute atomic E-state index is 0.216. The molecule has 2 unspecified atom stereocenters. The van der Waals surface area contributed by atoms with E-state index in [1.807, 2.05) is 17.6 Å². The van der Waals surface area contributed by atoms with Gasteiger partial charge in [-0.25, -0.2) is 0 Å². The first kappa shape index (κ1) is 10.1. The van der Waals surface area contributed by atoms with Crippen LogP contribution in [0.1, 0.15) is 35.6 Å². The zero-order valence-electron chi connectivity index (χ0n) is 9.92. The molecule has 1 aromatic rings. The Balaban J connectivity index is 2.19. The highest BCUT2D eigenvalue weighted by molar-refractivity contribution is 5.33. The summed E-state index contributed by atoms with van der Waals surface area (Å²) in [7, 11) is 0. The van der Waals surface area contributed by atoms with E-state index in [0.29, 0.717) is 12.0 Å². The fourth-order valence-corrected chi connectivity index (χ4v) is 2.96. The van der Waals surface area contributed by atoms with Crippen molar-refractivity contribution in [3.63, 3.8) is 0 Å². The Morgan fingerprint density at radius 3 is 3.00 bits per heavy atom. The molecule has 1 aliphatic heterocycles. The van der Waals surface area contributed by atoms with Gasteiger partial charge in [0.1, 0.15) is 0 Å². The molecule has 16 heavy (non-hydrogen) atoms. The van der Waals surface area contributed by atoms with E-state index >= 15 is 0 Å². The van der Waals surface area contributed by atoms with E-state index in [-0.39, 0.29) is 5.56 Å².